The van der Waals surface area contributed by atoms with Gasteiger partial charge in [0.05, 0.1) is 0 Å². The highest BCUT2D eigenvalue weighted by atomic mass is 19.1. The fraction of sp³-hybridized carbons (Fsp3) is 0.647. The minimum absolute atomic E-state index is 0.00259. The van der Waals surface area contributed by atoms with Crippen LogP contribution in [-0.4, -0.2) is 31.6 Å². The summed E-state index contributed by atoms with van der Waals surface area (Å²) in [6.45, 7) is 5.52. The average Bonchev–Trinajstić information content (AvgIpc) is 2.47. The van der Waals surface area contributed by atoms with Gasteiger partial charge in [-0.15, -0.1) is 0 Å². The Balaban J connectivity index is 1.93. The zero-order valence-corrected chi connectivity index (χ0v) is 13.0. The lowest BCUT2D eigenvalue weighted by molar-refractivity contribution is 0.165. The zero-order chi connectivity index (χ0) is 15.2. The topological polar surface area (TPSA) is 15.3 Å². The molecule has 2 nitrogen and oxygen atoms in total. The van der Waals surface area contributed by atoms with Gasteiger partial charge >= 0.3 is 0 Å². The van der Waals surface area contributed by atoms with Crippen molar-refractivity contribution in [2.45, 2.75) is 38.6 Å². The maximum absolute atomic E-state index is 13.3. The van der Waals surface area contributed by atoms with Crippen LogP contribution >= 0.6 is 0 Å². The molecule has 1 aliphatic rings. The molecule has 2 unspecified atom stereocenters. The molecule has 1 fully saturated rings. The highest BCUT2D eigenvalue weighted by molar-refractivity contribution is 5.21. The van der Waals surface area contributed by atoms with Crippen molar-refractivity contribution in [1.29, 1.82) is 0 Å². The van der Waals surface area contributed by atoms with Crippen LogP contribution in [0.15, 0.2) is 18.2 Å². The van der Waals surface area contributed by atoms with Gasteiger partial charge in [0.15, 0.2) is 0 Å². The van der Waals surface area contributed by atoms with E-state index in [4.69, 9.17) is 0 Å². The van der Waals surface area contributed by atoms with Gasteiger partial charge in [-0.2, -0.15) is 0 Å². The summed E-state index contributed by atoms with van der Waals surface area (Å²) in [5, 5.41) is 3.18. The van der Waals surface area contributed by atoms with Crippen LogP contribution in [0.3, 0.4) is 0 Å². The van der Waals surface area contributed by atoms with Gasteiger partial charge in [0.25, 0.3) is 0 Å². The van der Waals surface area contributed by atoms with E-state index in [2.05, 4.69) is 17.1 Å². The molecule has 0 amide bonds. The maximum Gasteiger partial charge on any atom is 0.126 e. The summed E-state index contributed by atoms with van der Waals surface area (Å²) in [5.74, 6) is -0.207. The molecule has 0 bridgehead atoms. The van der Waals surface area contributed by atoms with Gasteiger partial charge < -0.3 is 10.2 Å². The average molecular weight is 296 g/mol. The van der Waals surface area contributed by atoms with Crippen molar-refractivity contribution in [2.75, 3.05) is 26.7 Å². The third-order valence-corrected chi connectivity index (χ3v) is 4.55. The molecule has 0 radical (unpaired) electrons. The van der Waals surface area contributed by atoms with Crippen molar-refractivity contribution in [1.82, 2.24) is 10.2 Å². The lowest BCUT2D eigenvalue weighted by Crippen LogP contribution is -2.37. The van der Waals surface area contributed by atoms with Crippen LogP contribution in [0.25, 0.3) is 0 Å². The van der Waals surface area contributed by atoms with Crippen LogP contribution in [0, 0.1) is 17.6 Å². The monoisotopic (exact) mass is 296 g/mol. The van der Waals surface area contributed by atoms with Crippen LogP contribution in [0.1, 0.15) is 44.2 Å². The third kappa shape index (κ3) is 4.75. The van der Waals surface area contributed by atoms with Gasteiger partial charge in [-0.25, -0.2) is 8.78 Å². The molecule has 1 aliphatic heterocycles. The fourth-order valence-corrected chi connectivity index (χ4v) is 3.25. The summed E-state index contributed by atoms with van der Waals surface area (Å²) >= 11 is 0. The minimum atomic E-state index is -0.505. The standard InChI is InChI=1S/C17H26F2N2/c1-3-13-5-4-7-21(12-13)8-6-17(20-2)14-9-15(18)11-16(19)10-14/h9-11,13,17,20H,3-8,12H2,1-2H3. The summed E-state index contributed by atoms with van der Waals surface area (Å²) in [4.78, 5) is 2.48. The first-order valence-electron chi connectivity index (χ1n) is 7.98. The molecule has 0 spiro atoms. The van der Waals surface area contributed by atoms with E-state index >= 15 is 0 Å². The van der Waals surface area contributed by atoms with Crippen LogP contribution in [0.2, 0.25) is 0 Å². The van der Waals surface area contributed by atoms with E-state index < -0.39 is 11.6 Å². The molecule has 0 saturated carbocycles. The normalized spacial score (nSPS) is 21.4. The SMILES string of the molecule is CCC1CCCN(CCC(NC)c2cc(F)cc(F)c2)C1. The number of nitrogens with one attached hydrogen (secondary N) is 1. The number of benzene rings is 1. The molecular formula is C17H26F2N2. The lowest BCUT2D eigenvalue weighted by Gasteiger charge is -2.33. The first-order chi connectivity index (χ1) is 10.1. The fourth-order valence-electron chi connectivity index (χ4n) is 3.25. The third-order valence-electron chi connectivity index (χ3n) is 4.55. The molecule has 2 atom stereocenters. The predicted molar refractivity (Wildman–Crippen MR) is 82.2 cm³/mol. The maximum atomic E-state index is 13.3. The van der Waals surface area contributed by atoms with Gasteiger partial charge in [-0.1, -0.05) is 13.3 Å². The number of hydrogen-bond donors (Lipinski definition) is 1. The van der Waals surface area contributed by atoms with E-state index in [0.29, 0.717) is 5.56 Å². The number of nitrogens with zero attached hydrogens (tertiary/aromatic N) is 1. The van der Waals surface area contributed by atoms with E-state index in [0.717, 1.165) is 38.0 Å². The summed E-state index contributed by atoms with van der Waals surface area (Å²) < 4.78 is 26.7. The van der Waals surface area contributed by atoms with Gasteiger partial charge in [-0.3, -0.25) is 0 Å². The van der Waals surface area contributed by atoms with Gasteiger partial charge in [0, 0.05) is 18.7 Å². The molecule has 2 rings (SSSR count). The van der Waals surface area contributed by atoms with Crippen molar-refractivity contribution < 1.29 is 8.78 Å². The van der Waals surface area contributed by atoms with Gasteiger partial charge in [0.2, 0.25) is 0 Å². The Kier molecular flexibility index (Phi) is 6.12. The van der Waals surface area contributed by atoms with Crippen LogP contribution in [0.5, 0.6) is 0 Å². The molecule has 0 aromatic heterocycles. The summed E-state index contributed by atoms with van der Waals surface area (Å²) in [5.41, 5.74) is 0.694. The Labute approximate surface area is 126 Å². The van der Waals surface area contributed by atoms with E-state index in [-0.39, 0.29) is 6.04 Å². The first kappa shape index (κ1) is 16.4. The Morgan fingerprint density at radius 2 is 2.00 bits per heavy atom. The molecule has 1 heterocycles. The molecule has 21 heavy (non-hydrogen) atoms. The molecule has 118 valence electrons. The number of hydrogen-bond acceptors (Lipinski definition) is 2. The summed E-state index contributed by atoms with van der Waals surface area (Å²) in [7, 11) is 1.85. The van der Waals surface area contributed by atoms with Crippen molar-refractivity contribution in [2.24, 2.45) is 5.92 Å². The molecular weight excluding hydrogens is 270 g/mol. The lowest BCUT2D eigenvalue weighted by atomic mass is 9.95. The Bertz CT molecular complexity index is 430. The largest absolute Gasteiger partial charge is 0.313 e. The second kappa shape index (κ2) is 7.85. The zero-order valence-electron chi connectivity index (χ0n) is 13.0. The number of halogens is 2. The second-order valence-corrected chi connectivity index (χ2v) is 6.05. The molecule has 1 saturated heterocycles. The molecule has 1 N–H and O–H groups in total. The van der Waals surface area contributed by atoms with Crippen molar-refractivity contribution >= 4 is 0 Å². The van der Waals surface area contributed by atoms with Gasteiger partial charge in [0.1, 0.15) is 11.6 Å². The Morgan fingerprint density at radius 1 is 1.29 bits per heavy atom. The van der Waals surface area contributed by atoms with Crippen LogP contribution in [0.4, 0.5) is 8.78 Å². The molecule has 4 heteroatoms. The Morgan fingerprint density at radius 3 is 2.62 bits per heavy atom. The van der Waals surface area contributed by atoms with Gasteiger partial charge in [-0.05, 0) is 63.0 Å². The van der Waals surface area contributed by atoms with Crippen molar-refractivity contribution in [3.05, 3.63) is 35.4 Å². The Hall–Kier alpha value is -1.00. The number of rotatable bonds is 6. The van der Waals surface area contributed by atoms with E-state index in [9.17, 15) is 8.78 Å². The number of piperidine rings is 1. The first-order valence-corrected chi connectivity index (χ1v) is 7.98. The highest BCUT2D eigenvalue weighted by Gasteiger charge is 2.20. The summed E-state index contributed by atoms with van der Waals surface area (Å²) in [6.07, 6.45) is 4.70. The van der Waals surface area contributed by atoms with Crippen LogP contribution in [-0.2, 0) is 0 Å². The quantitative estimate of drug-likeness (QED) is 0.860. The summed E-state index contributed by atoms with van der Waals surface area (Å²) in [6, 6.07) is 3.77. The van der Waals surface area contributed by atoms with Crippen LogP contribution < -0.4 is 5.32 Å². The van der Waals surface area contributed by atoms with E-state index in [1.54, 1.807) is 0 Å². The minimum Gasteiger partial charge on any atom is -0.313 e. The predicted octanol–water partition coefficient (Wildman–Crippen LogP) is 3.74. The van der Waals surface area contributed by atoms with E-state index in [1.165, 1.54) is 31.4 Å². The molecule has 1 aromatic carbocycles. The van der Waals surface area contributed by atoms with E-state index in [1.807, 2.05) is 7.05 Å². The smallest absolute Gasteiger partial charge is 0.126 e. The van der Waals surface area contributed by atoms with Crippen molar-refractivity contribution in [3.63, 3.8) is 0 Å². The van der Waals surface area contributed by atoms with Crippen molar-refractivity contribution in [3.8, 4) is 0 Å². The molecule has 0 aliphatic carbocycles. The highest BCUT2D eigenvalue weighted by Crippen LogP contribution is 2.23. The molecule has 1 aromatic rings. The number of likely N-dealkylation sites (tertiary alicyclic amines) is 1. The second-order valence-electron chi connectivity index (χ2n) is 6.05.